The molecule has 21 heavy (non-hydrogen) atoms. The van der Waals surface area contributed by atoms with Gasteiger partial charge in [0.1, 0.15) is 6.54 Å². The number of halogens is 1. The molecule has 2 rings (SSSR count). The number of urea groups is 1. The lowest BCUT2D eigenvalue weighted by atomic mass is 10.4. The smallest absolute Gasteiger partial charge is 0.332 e. The van der Waals surface area contributed by atoms with Crippen molar-refractivity contribution in [2.75, 3.05) is 0 Å². The first kappa shape index (κ1) is 14.8. The molecule has 10 nitrogen and oxygen atoms in total. The Morgan fingerprint density at radius 3 is 2.48 bits per heavy atom. The van der Waals surface area contributed by atoms with E-state index in [4.69, 9.17) is 17.3 Å². The maximum atomic E-state index is 12.1. The summed E-state index contributed by atoms with van der Waals surface area (Å²) in [4.78, 5) is 50.0. The van der Waals surface area contributed by atoms with E-state index in [1.807, 2.05) is 5.32 Å². The van der Waals surface area contributed by atoms with Crippen LogP contribution >= 0.6 is 11.6 Å². The zero-order valence-electron chi connectivity index (χ0n) is 11.1. The molecule has 0 radical (unpaired) electrons. The molecule has 0 saturated heterocycles. The number of nitrogens with two attached hydrogens (primary N) is 1. The van der Waals surface area contributed by atoms with Crippen LogP contribution in [-0.2, 0) is 25.4 Å². The van der Waals surface area contributed by atoms with Crippen LogP contribution in [0.25, 0.3) is 11.2 Å². The van der Waals surface area contributed by atoms with Crippen molar-refractivity contribution in [2.45, 2.75) is 6.54 Å². The van der Waals surface area contributed by atoms with Crippen LogP contribution in [0.3, 0.4) is 0 Å². The molecule has 2 aromatic rings. The van der Waals surface area contributed by atoms with Crippen LogP contribution in [0.4, 0.5) is 4.79 Å². The van der Waals surface area contributed by atoms with Gasteiger partial charge in [0.2, 0.25) is 11.2 Å². The molecule has 0 fully saturated rings. The van der Waals surface area contributed by atoms with E-state index in [1.165, 1.54) is 14.1 Å². The van der Waals surface area contributed by atoms with E-state index in [0.717, 1.165) is 13.7 Å². The quantitative estimate of drug-likeness (QED) is 0.636. The Morgan fingerprint density at radius 2 is 1.90 bits per heavy atom. The number of carbonyl (C=O) groups excluding carboxylic acids is 2. The summed E-state index contributed by atoms with van der Waals surface area (Å²) in [6.07, 6.45) is 0. The highest BCUT2D eigenvalue weighted by Crippen LogP contribution is 2.15. The number of carbonyl (C=O) groups is 2. The first-order chi connectivity index (χ1) is 9.73. The van der Waals surface area contributed by atoms with Gasteiger partial charge in [-0.2, -0.15) is 4.98 Å². The summed E-state index contributed by atoms with van der Waals surface area (Å²) in [5.41, 5.74) is 3.62. The van der Waals surface area contributed by atoms with E-state index >= 15 is 0 Å². The highest BCUT2D eigenvalue weighted by molar-refractivity contribution is 6.29. The third-order valence-corrected chi connectivity index (χ3v) is 3.15. The lowest BCUT2D eigenvalue weighted by Gasteiger charge is -2.06. The van der Waals surface area contributed by atoms with Gasteiger partial charge in [0.25, 0.3) is 5.56 Å². The molecule has 0 aromatic carbocycles. The molecule has 2 aromatic heterocycles. The molecule has 0 aliphatic rings. The number of hydrogen-bond donors (Lipinski definition) is 2. The van der Waals surface area contributed by atoms with Crippen LogP contribution in [0.2, 0.25) is 5.28 Å². The third kappa shape index (κ3) is 2.40. The second-order valence-corrected chi connectivity index (χ2v) is 4.60. The minimum absolute atomic E-state index is 0.0239. The standard InChI is InChI=1S/C10H11ClN6O4/c1-15-6-5(7(19)16(2)10(15)21)17(8(11)14-6)3-4(18)13-9(12)20/h3H2,1-2H3,(H3,12,13,18,20). The van der Waals surface area contributed by atoms with Gasteiger partial charge in [-0.1, -0.05) is 0 Å². The van der Waals surface area contributed by atoms with Gasteiger partial charge in [-0.15, -0.1) is 0 Å². The molecular formula is C10H11ClN6O4. The number of imidazole rings is 1. The second-order valence-electron chi connectivity index (χ2n) is 4.26. The van der Waals surface area contributed by atoms with Gasteiger partial charge in [0.05, 0.1) is 0 Å². The van der Waals surface area contributed by atoms with Crippen molar-refractivity contribution < 1.29 is 9.59 Å². The molecule has 3 N–H and O–H groups in total. The van der Waals surface area contributed by atoms with E-state index < -0.39 is 29.7 Å². The lowest BCUT2D eigenvalue weighted by molar-refractivity contribution is -0.120. The fraction of sp³-hybridized carbons (Fsp3) is 0.300. The molecular weight excluding hydrogens is 304 g/mol. The summed E-state index contributed by atoms with van der Waals surface area (Å²) >= 11 is 5.89. The molecule has 0 aliphatic carbocycles. The summed E-state index contributed by atoms with van der Waals surface area (Å²) < 4.78 is 3.09. The Kier molecular flexibility index (Phi) is 3.56. The van der Waals surface area contributed by atoms with Gasteiger partial charge >= 0.3 is 11.7 Å². The van der Waals surface area contributed by atoms with Crippen molar-refractivity contribution in [2.24, 2.45) is 19.8 Å². The molecule has 0 spiro atoms. The normalized spacial score (nSPS) is 10.8. The molecule has 0 bridgehead atoms. The zero-order chi connectivity index (χ0) is 15.9. The summed E-state index contributed by atoms with van der Waals surface area (Å²) in [6, 6.07) is -1.03. The number of nitrogens with one attached hydrogen (secondary N) is 1. The van der Waals surface area contributed by atoms with Crippen molar-refractivity contribution in [1.82, 2.24) is 24.0 Å². The molecule has 0 aliphatic heterocycles. The van der Waals surface area contributed by atoms with Gasteiger partial charge in [0, 0.05) is 14.1 Å². The van der Waals surface area contributed by atoms with Gasteiger partial charge in [-0.05, 0) is 11.6 Å². The third-order valence-electron chi connectivity index (χ3n) is 2.87. The van der Waals surface area contributed by atoms with Crippen molar-refractivity contribution in [3.63, 3.8) is 0 Å². The van der Waals surface area contributed by atoms with Crippen molar-refractivity contribution >= 4 is 34.7 Å². The van der Waals surface area contributed by atoms with Gasteiger partial charge in [-0.25, -0.2) is 9.59 Å². The van der Waals surface area contributed by atoms with E-state index in [0.29, 0.717) is 0 Å². The number of rotatable bonds is 2. The summed E-state index contributed by atoms with van der Waals surface area (Å²) in [7, 11) is 2.71. The number of fused-ring (bicyclic) bond motifs is 1. The Balaban J connectivity index is 2.68. The zero-order valence-corrected chi connectivity index (χ0v) is 11.8. The molecule has 11 heteroatoms. The minimum Gasteiger partial charge on any atom is -0.351 e. The average Bonchev–Trinajstić information content (AvgIpc) is 2.70. The van der Waals surface area contributed by atoms with Crippen LogP contribution in [0, 0.1) is 0 Å². The topological polar surface area (TPSA) is 134 Å². The van der Waals surface area contributed by atoms with Crippen LogP contribution in [-0.4, -0.2) is 30.6 Å². The van der Waals surface area contributed by atoms with Crippen LogP contribution in [0.15, 0.2) is 9.59 Å². The predicted octanol–water partition coefficient (Wildman–Crippen LogP) is -1.72. The van der Waals surface area contributed by atoms with Crippen molar-refractivity contribution in [1.29, 1.82) is 0 Å². The van der Waals surface area contributed by atoms with E-state index in [2.05, 4.69) is 4.98 Å². The Bertz CT molecular complexity index is 876. The fourth-order valence-electron chi connectivity index (χ4n) is 1.88. The Labute approximate surface area is 121 Å². The number of nitrogens with zero attached hydrogens (tertiary/aromatic N) is 4. The Hall–Kier alpha value is -2.62. The number of hydrogen-bond acceptors (Lipinski definition) is 5. The van der Waals surface area contributed by atoms with Gasteiger partial charge in [-0.3, -0.25) is 28.6 Å². The molecule has 0 unspecified atom stereocenters. The molecule has 0 atom stereocenters. The Morgan fingerprint density at radius 1 is 1.29 bits per heavy atom. The van der Waals surface area contributed by atoms with E-state index in [-0.39, 0.29) is 16.4 Å². The number of amides is 3. The highest BCUT2D eigenvalue weighted by Gasteiger charge is 2.20. The number of aryl methyl sites for hydroxylation is 1. The molecule has 112 valence electrons. The van der Waals surface area contributed by atoms with E-state index in [9.17, 15) is 19.2 Å². The van der Waals surface area contributed by atoms with Crippen LogP contribution in [0.5, 0.6) is 0 Å². The predicted molar refractivity (Wildman–Crippen MR) is 73.0 cm³/mol. The molecule has 2 heterocycles. The number of aromatic nitrogens is 4. The van der Waals surface area contributed by atoms with Crippen molar-refractivity contribution in [3.8, 4) is 0 Å². The van der Waals surface area contributed by atoms with Gasteiger partial charge < -0.3 is 5.73 Å². The summed E-state index contributed by atoms with van der Waals surface area (Å²) in [5.74, 6) is -0.764. The van der Waals surface area contributed by atoms with Crippen molar-refractivity contribution in [3.05, 3.63) is 26.1 Å². The number of primary amides is 1. The van der Waals surface area contributed by atoms with Gasteiger partial charge in [0.15, 0.2) is 11.2 Å². The van der Waals surface area contributed by atoms with Crippen LogP contribution in [0.1, 0.15) is 0 Å². The maximum absolute atomic E-state index is 12.1. The number of imide groups is 1. The largest absolute Gasteiger partial charge is 0.351 e. The fourth-order valence-corrected chi connectivity index (χ4v) is 2.11. The first-order valence-electron chi connectivity index (χ1n) is 5.65. The summed E-state index contributed by atoms with van der Waals surface area (Å²) in [6.45, 7) is -0.439. The summed E-state index contributed by atoms with van der Waals surface area (Å²) in [5, 5.41) is 1.68. The SMILES string of the molecule is Cn1c(=O)c2c(nc(Cl)n2CC(=O)NC(N)=O)n(C)c1=O. The minimum atomic E-state index is -1.03. The first-order valence-corrected chi connectivity index (χ1v) is 6.03. The molecule has 3 amide bonds. The highest BCUT2D eigenvalue weighted by atomic mass is 35.5. The second kappa shape index (κ2) is 5.05. The lowest BCUT2D eigenvalue weighted by Crippen LogP contribution is -2.39. The van der Waals surface area contributed by atoms with Crippen LogP contribution < -0.4 is 22.3 Å². The monoisotopic (exact) mass is 314 g/mol. The molecule has 0 saturated carbocycles. The average molecular weight is 315 g/mol. The maximum Gasteiger partial charge on any atom is 0.332 e. The van der Waals surface area contributed by atoms with E-state index in [1.54, 1.807) is 0 Å².